The van der Waals surface area contributed by atoms with Crippen molar-refractivity contribution in [3.8, 4) is 11.6 Å². The van der Waals surface area contributed by atoms with Crippen molar-refractivity contribution in [1.82, 2.24) is 15.0 Å². The molecule has 0 aliphatic heterocycles. The predicted molar refractivity (Wildman–Crippen MR) is 65.0 cm³/mol. The standard InChI is InChI=1S/C12H14N4O/c1-7-4-5-10(6-14-7)17-12-8(2)11(13)15-9(3)16-12/h4-6H,1-3H3,(H2,13,15,16). The molecular formula is C12H14N4O. The van der Waals surface area contributed by atoms with Gasteiger partial charge >= 0.3 is 0 Å². The second kappa shape index (κ2) is 4.37. The van der Waals surface area contributed by atoms with Crippen LogP contribution in [-0.2, 0) is 0 Å². The Morgan fingerprint density at radius 2 is 1.88 bits per heavy atom. The zero-order valence-electron chi connectivity index (χ0n) is 10.1. The van der Waals surface area contributed by atoms with E-state index >= 15 is 0 Å². The van der Waals surface area contributed by atoms with E-state index in [1.807, 2.05) is 26.0 Å². The molecule has 0 radical (unpaired) electrons. The Kier molecular flexibility index (Phi) is 2.91. The fourth-order valence-corrected chi connectivity index (χ4v) is 1.35. The number of rotatable bonds is 2. The molecule has 2 aromatic heterocycles. The molecule has 2 rings (SSSR count). The number of aryl methyl sites for hydroxylation is 2. The molecule has 0 bridgehead atoms. The zero-order chi connectivity index (χ0) is 12.4. The molecule has 2 heterocycles. The van der Waals surface area contributed by atoms with Gasteiger partial charge in [0.1, 0.15) is 17.4 Å². The lowest BCUT2D eigenvalue weighted by Gasteiger charge is -2.09. The van der Waals surface area contributed by atoms with Crippen LogP contribution in [0.2, 0.25) is 0 Å². The highest BCUT2D eigenvalue weighted by Gasteiger charge is 2.08. The van der Waals surface area contributed by atoms with Gasteiger partial charge in [-0.25, -0.2) is 4.98 Å². The fraction of sp³-hybridized carbons (Fsp3) is 0.250. The molecule has 5 heteroatoms. The highest BCUT2D eigenvalue weighted by atomic mass is 16.5. The largest absolute Gasteiger partial charge is 0.437 e. The van der Waals surface area contributed by atoms with Gasteiger partial charge in [0.05, 0.1) is 11.8 Å². The number of hydrogen-bond acceptors (Lipinski definition) is 5. The van der Waals surface area contributed by atoms with E-state index < -0.39 is 0 Å². The molecule has 5 nitrogen and oxygen atoms in total. The van der Waals surface area contributed by atoms with Gasteiger partial charge in [-0.1, -0.05) is 0 Å². The van der Waals surface area contributed by atoms with Crippen LogP contribution in [0.4, 0.5) is 5.82 Å². The van der Waals surface area contributed by atoms with Gasteiger partial charge < -0.3 is 10.5 Å². The summed E-state index contributed by atoms with van der Waals surface area (Å²) in [6.07, 6.45) is 1.66. The van der Waals surface area contributed by atoms with Crippen molar-refractivity contribution in [2.75, 3.05) is 5.73 Å². The number of pyridine rings is 1. The molecule has 0 fully saturated rings. The third-order valence-electron chi connectivity index (χ3n) is 2.35. The van der Waals surface area contributed by atoms with Crippen molar-refractivity contribution in [1.29, 1.82) is 0 Å². The third-order valence-corrected chi connectivity index (χ3v) is 2.35. The van der Waals surface area contributed by atoms with E-state index in [1.165, 1.54) is 0 Å². The average molecular weight is 230 g/mol. The number of nitrogen functional groups attached to an aromatic ring is 1. The first-order valence-electron chi connectivity index (χ1n) is 5.27. The summed E-state index contributed by atoms with van der Waals surface area (Å²) >= 11 is 0. The van der Waals surface area contributed by atoms with Crippen LogP contribution in [0.5, 0.6) is 11.6 Å². The molecule has 0 unspecified atom stereocenters. The lowest BCUT2D eigenvalue weighted by Crippen LogP contribution is -2.02. The predicted octanol–water partition coefficient (Wildman–Crippen LogP) is 2.17. The number of ether oxygens (including phenoxy) is 1. The monoisotopic (exact) mass is 230 g/mol. The van der Waals surface area contributed by atoms with E-state index in [1.54, 1.807) is 13.1 Å². The van der Waals surface area contributed by atoms with Gasteiger partial charge in [-0.15, -0.1) is 0 Å². The SMILES string of the molecule is Cc1ccc(Oc2nc(C)nc(N)c2C)cn1. The van der Waals surface area contributed by atoms with Gasteiger partial charge in [0.25, 0.3) is 0 Å². The normalized spacial score (nSPS) is 10.3. The molecule has 0 amide bonds. The Labute approximate surface area is 99.7 Å². The van der Waals surface area contributed by atoms with E-state index in [9.17, 15) is 0 Å². The first-order chi connectivity index (χ1) is 8.06. The average Bonchev–Trinajstić information content (AvgIpc) is 2.28. The minimum Gasteiger partial charge on any atom is -0.437 e. The van der Waals surface area contributed by atoms with Crippen molar-refractivity contribution in [2.45, 2.75) is 20.8 Å². The van der Waals surface area contributed by atoms with Crippen molar-refractivity contribution in [3.05, 3.63) is 35.4 Å². The summed E-state index contributed by atoms with van der Waals surface area (Å²) in [6.45, 7) is 5.52. The van der Waals surface area contributed by atoms with Gasteiger partial charge in [-0.05, 0) is 32.9 Å². The van der Waals surface area contributed by atoms with Gasteiger partial charge in [-0.2, -0.15) is 4.98 Å². The van der Waals surface area contributed by atoms with Crippen LogP contribution in [0.25, 0.3) is 0 Å². The van der Waals surface area contributed by atoms with Gasteiger partial charge in [0.15, 0.2) is 0 Å². The van der Waals surface area contributed by atoms with Gasteiger partial charge in [0.2, 0.25) is 5.88 Å². The second-order valence-electron chi connectivity index (χ2n) is 3.82. The Morgan fingerprint density at radius 1 is 1.12 bits per heavy atom. The number of hydrogen-bond donors (Lipinski definition) is 1. The van der Waals surface area contributed by atoms with Gasteiger partial charge in [-0.3, -0.25) is 4.98 Å². The molecule has 88 valence electrons. The first kappa shape index (κ1) is 11.3. The maximum Gasteiger partial charge on any atom is 0.227 e. The van der Waals surface area contributed by atoms with Gasteiger partial charge in [0, 0.05) is 5.69 Å². The van der Waals surface area contributed by atoms with Crippen LogP contribution in [-0.4, -0.2) is 15.0 Å². The molecule has 0 aliphatic carbocycles. The summed E-state index contributed by atoms with van der Waals surface area (Å²) in [5, 5.41) is 0. The summed E-state index contributed by atoms with van der Waals surface area (Å²) in [7, 11) is 0. The smallest absolute Gasteiger partial charge is 0.227 e. The highest BCUT2D eigenvalue weighted by molar-refractivity contribution is 5.45. The molecule has 0 aromatic carbocycles. The number of aromatic nitrogens is 3. The van der Waals surface area contributed by atoms with Crippen LogP contribution in [0.3, 0.4) is 0 Å². The Morgan fingerprint density at radius 3 is 2.53 bits per heavy atom. The molecule has 0 spiro atoms. The lowest BCUT2D eigenvalue weighted by molar-refractivity contribution is 0.454. The van der Waals surface area contributed by atoms with Crippen LogP contribution >= 0.6 is 0 Å². The summed E-state index contributed by atoms with van der Waals surface area (Å²) in [5.41, 5.74) is 7.42. The Bertz CT molecular complexity index is 537. The molecule has 17 heavy (non-hydrogen) atoms. The van der Waals surface area contributed by atoms with Crippen molar-refractivity contribution < 1.29 is 4.74 Å². The maximum absolute atomic E-state index is 5.75. The van der Waals surface area contributed by atoms with Crippen LogP contribution in [0.1, 0.15) is 17.1 Å². The van der Waals surface area contributed by atoms with Crippen molar-refractivity contribution in [3.63, 3.8) is 0 Å². The highest BCUT2D eigenvalue weighted by Crippen LogP contribution is 2.24. The molecular weight excluding hydrogens is 216 g/mol. The van der Waals surface area contributed by atoms with E-state index in [0.29, 0.717) is 23.3 Å². The molecule has 0 aliphatic rings. The zero-order valence-corrected chi connectivity index (χ0v) is 10.1. The van der Waals surface area contributed by atoms with Crippen LogP contribution < -0.4 is 10.5 Å². The number of nitrogens with zero attached hydrogens (tertiary/aromatic N) is 3. The maximum atomic E-state index is 5.75. The quantitative estimate of drug-likeness (QED) is 0.855. The number of nitrogens with two attached hydrogens (primary N) is 1. The Balaban J connectivity index is 2.32. The molecule has 0 atom stereocenters. The first-order valence-corrected chi connectivity index (χ1v) is 5.27. The van der Waals surface area contributed by atoms with E-state index in [4.69, 9.17) is 10.5 Å². The van der Waals surface area contributed by atoms with E-state index in [-0.39, 0.29) is 0 Å². The summed E-state index contributed by atoms with van der Waals surface area (Å²) in [4.78, 5) is 12.4. The van der Waals surface area contributed by atoms with Crippen molar-refractivity contribution in [2.24, 2.45) is 0 Å². The van der Waals surface area contributed by atoms with Crippen LogP contribution in [0.15, 0.2) is 18.3 Å². The summed E-state index contributed by atoms with van der Waals surface area (Å²) in [6, 6.07) is 3.72. The minimum atomic E-state index is 0.438. The molecule has 2 aromatic rings. The van der Waals surface area contributed by atoms with Crippen LogP contribution in [0, 0.1) is 20.8 Å². The van der Waals surface area contributed by atoms with E-state index in [0.717, 1.165) is 11.3 Å². The number of anilines is 1. The molecule has 0 saturated heterocycles. The van der Waals surface area contributed by atoms with Crippen molar-refractivity contribution >= 4 is 5.82 Å². The molecule has 2 N–H and O–H groups in total. The minimum absolute atomic E-state index is 0.438. The lowest BCUT2D eigenvalue weighted by atomic mass is 10.3. The Hall–Kier alpha value is -2.17. The fourth-order valence-electron chi connectivity index (χ4n) is 1.35. The molecule has 0 saturated carbocycles. The summed E-state index contributed by atoms with van der Waals surface area (Å²) in [5.74, 6) is 2.13. The summed E-state index contributed by atoms with van der Waals surface area (Å²) < 4.78 is 5.63. The topological polar surface area (TPSA) is 73.9 Å². The van der Waals surface area contributed by atoms with E-state index in [2.05, 4.69) is 15.0 Å². The second-order valence-corrected chi connectivity index (χ2v) is 3.82. The third kappa shape index (κ3) is 2.50.